The van der Waals surface area contributed by atoms with Gasteiger partial charge in [-0.15, -0.1) is 0 Å². The van der Waals surface area contributed by atoms with E-state index in [4.69, 9.17) is 9.47 Å². The quantitative estimate of drug-likeness (QED) is 0.377. The second-order valence-corrected chi connectivity index (χ2v) is 5.55. The van der Waals surface area contributed by atoms with E-state index in [1.54, 1.807) is 36.5 Å². The molecule has 1 fully saturated rings. The minimum Gasteiger partial charge on any atom is -0.493 e. The standard InChI is InChI=1S/C18H17N3O4/c1-24-16-9-12(10-20-21-17(22)13-5-6-13)4-7-15(16)25-18(23)14-3-2-8-19-11-14/h2-4,7-11,13H,5-6H2,1H3,(H,21,22)/b20-10+. The number of carbonyl (C=O) groups excluding carboxylic acids is 2. The number of pyridine rings is 1. The zero-order chi connectivity index (χ0) is 17.6. The van der Waals surface area contributed by atoms with Gasteiger partial charge in [-0.25, -0.2) is 10.2 Å². The van der Waals surface area contributed by atoms with Crippen LogP contribution in [0.2, 0.25) is 0 Å². The first-order chi connectivity index (χ1) is 12.2. The number of esters is 1. The Morgan fingerprint density at radius 1 is 1.28 bits per heavy atom. The molecule has 0 unspecified atom stereocenters. The van der Waals surface area contributed by atoms with Gasteiger partial charge in [-0.2, -0.15) is 5.10 Å². The largest absolute Gasteiger partial charge is 0.493 e. The van der Waals surface area contributed by atoms with E-state index in [0.717, 1.165) is 12.8 Å². The Kier molecular flexibility index (Phi) is 5.03. The van der Waals surface area contributed by atoms with Crippen molar-refractivity contribution in [2.45, 2.75) is 12.8 Å². The lowest BCUT2D eigenvalue weighted by molar-refractivity contribution is -0.122. The molecule has 1 aromatic carbocycles. The van der Waals surface area contributed by atoms with Gasteiger partial charge in [-0.3, -0.25) is 9.78 Å². The second kappa shape index (κ2) is 7.57. The molecule has 0 spiro atoms. The first-order valence-electron chi connectivity index (χ1n) is 7.80. The van der Waals surface area contributed by atoms with E-state index >= 15 is 0 Å². The first kappa shape index (κ1) is 16.6. The van der Waals surface area contributed by atoms with Crippen LogP contribution in [0.4, 0.5) is 0 Å². The SMILES string of the molecule is COc1cc(/C=N/NC(=O)C2CC2)ccc1OC(=O)c1cccnc1. The lowest BCUT2D eigenvalue weighted by atomic mass is 10.2. The molecule has 0 radical (unpaired) electrons. The highest BCUT2D eigenvalue weighted by Gasteiger charge is 2.29. The number of carbonyl (C=O) groups is 2. The van der Waals surface area contributed by atoms with Gasteiger partial charge in [-0.1, -0.05) is 0 Å². The molecule has 1 heterocycles. The minimum absolute atomic E-state index is 0.0646. The first-order valence-corrected chi connectivity index (χ1v) is 7.80. The molecule has 1 N–H and O–H groups in total. The minimum atomic E-state index is -0.524. The van der Waals surface area contributed by atoms with E-state index in [2.05, 4.69) is 15.5 Å². The van der Waals surface area contributed by atoms with Crippen molar-refractivity contribution in [2.75, 3.05) is 7.11 Å². The molecule has 1 amide bonds. The molecule has 1 saturated carbocycles. The highest BCUT2D eigenvalue weighted by atomic mass is 16.6. The number of hydrazone groups is 1. The third-order valence-electron chi connectivity index (χ3n) is 3.62. The van der Waals surface area contributed by atoms with Crippen LogP contribution in [0.25, 0.3) is 0 Å². The van der Waals surface area contributed by atoms with Crippen LogP contribution < -0.4 is 14.9 Å². The fourth-order valence-corrected chi connectivity index (χ4v) is 2.10. The number of nitrogens with one attached hydrogen (secondary N) is 1. The van der Waals surface area contributed by atoms with Crippen molar-refractivity contribution < 1.29 is 19.1 Å². The Morgan fingerprint density at radius 2 is 2.12 bits per heavy atom. The fourth-order valence-electron chi connectivity index (χ4n) is 2.10. The molecule has 1 aliphatic rings. The van der Waals surface area contributed by atoms with Crippen LogP contribution in [-0.4, -0.2) is 30.2 Å². The van der Waals surface area contributed by atoms with E-state index in [0.29, 0.717) is 16.9 Å². The number of amides is 1. The van der Waals surface area contributed by atoms with Gasteiger partial charge < -0.3 is 9.47 Å². The Morgan fingerprint density at radius 3 is 2.80 bits per heavy atom. The number of rotatable bonds is 6. The molecule has 7 nitrogen and oxygen atoms in total. The van der Waals surface area contributed by atoms with Crippen molar-refractivity contribution in [1.82, 2.24) is 10.4 Å². The number of methoxy groups -OCH3 is 1. The molecular formula is C18H17N3O4. The molecular weight excluding hydrogens is 322 g/mol. The van der Waals surface area contributed by atoms with Gasteiger partial charge in [0.05, 0.1) is 18.9 Å². The summed E-state index contributed by atoms with van der Waals surface area (Å²) in [6, 6.07) is 8.26. The second-order valence-electron chi connectivity index (χ2n) is 5.55. The average molecular weight is 339 g/mol. The Bertz CT molecular complexity index is 801. The maximum atomic E-state index is 12.1. The van der Waals surface area contributed by atoms with Crippen molar-refractivity contribution >= 4 is 18.1 Å². The molecule has 25 heavy (non-hydrogen) atoms. The third kappa shape index (κ3) is 4.41. The monoisotopic (exact) mass is 339 g/mol. The van der Waals surface area contributed by atoms with Crippen molar-refractivity contribution in [3.05, 3.63) is 53.9 Å². The maximum Gasteiger partial charge on any atom is 0.345 e. The zero-order valence-electron chi connectivity index (χ0n) is 13.6. The maximum absolute atomic E-state index is 12.1. The van der Waals surface area contributed by atoms with Crippen LogP contribution in [0, 0.1) is 5.92 Å². The lowest BCUT2D eigenvalue weighted by Gasteiger charge is -2.09. The van der Waals surface area contributed by atoms with Crippen molar-refractivity contribution in [3.8, 4) is 11.5 Å². The Labute approximate surface area is 144 Å². The van der Waals surface area contributed by atoms with Gasteiger partial charge in [0.2, 0.25) is 5.91 Å². The van der Waals surface area contributed by atoms with Crippen LogP contribution >= 0.6 is 0 Å². The van der Waals surface area contributed by atoms with E-state index < -0.39 is 5.97 Å². The van der Waals surface area contributed by atoms with Gasteiger partial charge in [0.1, 0.15) is 0 Å². The van der Waals surface area contributed by atoms with Crippen LogP contribution in [0.15, 0.2) is 47.8 Å². The molecule has 0 saturated heterocycles. The summed E-state index contributed by atoms with van der Waals surface area (Å²) in [6.07, 6.45) is 6.36. The summed E-state index contributed by atoms with van der Waals surface area (Å²) >= 11 is 0. The summed E-state index contributed by atoms with van der Waals surface area (Å²) in [6.45, 7) is 0. The lowest BCUT2D eigenvalue weighted by Crippen LogP contribution is -2.18. The van der Waals surface area contributed by atoms with E-state index in [1.165, 1.54) is 19.5 Å². The summed E-state index contributed by atoms with van der Waals surface area (Å²) < 4.78 is 10.6. The van der Waals surface area contributed by atoms with E-state index in [9.17, 15) is 9.59 Å². The summed E-state index contributed by atoms with van der Waals surface area (Å²) in [5.74, 6) is 0.181. The molecule has 3 rings (SSSR count). The van der Waals surface area contributed by atoms with Crippen LogP contribution in [0.1, 0.15) is 28.8 Å². The van der Waals surface area contributed by atoms with Gasteiger partial charge >= 0.3 is 5.97 Å². The molecule has 128 valence electrons. The predicted molar refractivity (Wildman–Crippen MR) is 90.7 cm³/mol. The summed E-state index contributed by atoms with van der Waals surface area (Å²) in [7, 11) is 1.48. The van der Waals surface area contributed by atoms with Crippen LogP contribution in [-0.2, 0) is 4.79 Å². The van der Waals surface area contributed by atoms with Gasteiger partial charge in [0.15, 0.2) is 11.5 Å². The molecule has 0 atom stereocenters. The smallest absolute Gasteiger partial charge is 0.345 e. The molecule has 1 aromatic heterocycles. The highest BCUT2D eigenvalue weighted by Crippen LogP contribution is 2.29. The number of aromatic nitrogens is 1. The molecule has 0 aliphatic heterocycles. The molecule has 0 bridgehead atoms. The number of benzene rings is 1. The van der Waals surface area contributed by atoms with Gasteiger partial charge in [0, 0.05) is 18.3 Å². The molecule has 2 aromatic rings. The van der Waals surface area contributed by atoms with Crippen molar-refractivity contribution in [1.29, 1.82) is 0 Å². The zero-order valence-corrected chi connectivity index (χ0v) is 13.6. The van der Waals surface area contributed by atoms with Crippen molar-refractivity contribution in [3.63, 3.8) is 0 Å². The predicted octanol–water partition coefficient (Wildman–Crippen LogP) is 2.17. The van der Waals surface area contributed by atoms with Crippen LogP contribution in [0.3, 0.4) is 0 Å². The highest BCUT2D eigenvalue weighted by molar-refractivity contribution is 5.91. The summed E-state index contributed by atoms with van der Waals surface area (Å²) in [5, 5.41) is 3.92. The molecule has 1 aliphatic carbocycles. The molecule has 7 heteroatoms. The van der Waals surface area contributed by atoms with Crippen molar-refractivity contribution in [2.24, 2.45) is 11.0 Å². The average Bonchev–Trinajstić information content (AvgIpc) is 3.48. The number of hydrogen-bond donors (Lipinski definition) is 1. The topological polar surface area (TPSA) is 89.9 Å². The summed E-state index contributed by atoms with van der Waals surface area (Å²) in [5.41, 5.74) is 3.54. The summed E-state index contributed by atoms with van der Waals surface area (Å²) in [4.78, 5) is 27.5. The number of ether oxygens (including phenoxy) is 2. The van der Waals surface area contributed by atoms with Crippen LogP contribution in [0.5, 0.6) is 11.5 Å². The Hall–Kier alpha value is -3.22. The third-order valence-corrected chi connectivity index (χ3v) is 3.62. The van der Waals surface area contributed by atoms with Gasteiger partial charge in [-0.05, 0) is 48.7 Å². The number of hydrogen-bond acceptors (Lipinski definition) is 6. The van der Waals surface area contributed by atoms with Gasteiger partial charge in [0.25, 0.3) is 0 Å². The number of nitrogens with zero attached hydrogens (tertiary/aromatic N) is 2. The van der Waals surface area contributed by atoms with E-state index in [-0.39, 0.29) is 17.6 Å². The normalized spacial score (nSPS) is 13.5. The Balaban J connectivity index is 1.67. The fraction of sp³-hybridized carbons (Fsp3) is 0.222. The van der Waals surface area contributed by atoms with E-state index in [1.807, 2.05) is 0 Å².